The number of hydrogen-bond acceptors (Lipinski definition) is 2. The van der Waals surface area contributed by atoms with E-state index in [4.69, 9.17) is 0 Å². The number of para-hydroxylation sites is 2. The van der Waals surface area contributed by atoms with E-state index in [0.29, 0.717) is 0 Å². The second-order valence-corrected chi connectivity index (χ2v) is 4.56. The maximum Gasteiger partial charge on any atom is 0.0712 e. The molecular formula is C10H14Br2N2. The Morgan fingerprint density at radius 2 is 1.29 bits per heavy atom. The van der Waals surface area contributed by atoms with Crippen molar-refractivity contribution < 1.29 is 0 Å². The fourth-order valence-electron chi connectivity index (χ4n) is 1.22. The van der Waals surface area contributed by atoms with Crippen LogP contribution < -0.4 is 7.85 Å². The number of halogens is 2. The molecule has 0 aromatic heterocycles. The Morgan fingerprint density at radius 1 is 0.929 bits per heavy atom. The SMILES string of the molecule is CCN(Br)c1ccccc1N(Br)CC. The largest absolute Gasteiger partial charge is 0.307 e. The van der Waals surface area contributed by atoms with Gasteiger partial charge in [-0.1, -0.05) is 12.1 Å². The average Bonchev–Trinajstić information content (AvgIpc) is 2.27. The first kappa shape index (κ1) is 11.9. The highest BCUT2D eigenvalue weighted by atomic mass is 79.9. The summed E-state index contributed by atoms with van der Waals surface area (Å²) in [6.07, 6.45) is 0. The third kappa shape index (κ3) is 2.64. The molecule has 0 heterocycles. The van der Waals surface area contributed by atoms with Crippen LogP contribution in [0.15, 0.2) is 24.3 Å². The van der Waals surface area contributed by atoms with E-state index in [2.05, 4.69) is 58.3 Å². The van der Waals surface area contributed by atoms with Crippen molar-refractivity contribution in [2.45, 2.75) is 13.8 Å². The molecule has 78 valence electrons. The van der Waals surface area contributed by atoms with Crippen LogP contribution in [0.2, 0.25) is 0 Å². The molecular weight excluding hydrogens is 308 g/mol. The Hall–Kier alpha value is -0.220. The van der Waals surface area contributed by atoms with Crippen molar-refractivity contribution in [1.29, 1.82) is 0 Å². The predicted octanol–water partition coefficient (Wildman–Crippen LogP) is 3.96. The molecule has 0 N–H and O–H groups in total. The summed E-state index contributed by atoms with van der Waals surface area (Å²) in [7, 11) is 0. The topological polar surface area (TPSA) is 6.48 Å². The van der Waals surface area contributed by atoms with Gasteiger partial charge < -0.3 is 7.85 Å². The summed E-state index contributed by atoms with van der Waals surface area (Å²) in [4.78, 5) is 0. The molecule has 0 fully saturated rings. The molecule has 0 aliphatic rings. The number of anilines is 2. The van der Waals surface area contributed by atoms with Crippen LogP contribution in [0.3, 0.4) is 0 Å². The summed E-state index contributed by atoms with van der Waals surface area (Å²) >= 11 is 7.04. The van der Waals surface area contributed by atoms with E-state index in [0.717, 1.165) is 13.1 Å². The van der Waals surface area contributed by atoms with E-state index >= 15 is 0 Å². The molecule has 0 amide bonds. The lowest BCUT2D eigenvalue weighted by Gasteiger charge is -2.22. The molecule has 0 saturated heterocycles. The summed E-state index contributed by atoms with van der Waals surface area (Å²) in [5.74, 6) is 0. The molecule has 0 saturated carbocycles. The molecule has 0 aliphatic carbocycles. The number of benzene rings is 1. The second kappa shape index (κ2) is 5.61. The van der Waals surface area contributed by atoms with Gasteiger partial charge in [0.05, 0.1) is 11.4 Å². The summed E-state index contributed by atoms with van der Waals surface area (Å²) in [6.45, 7) is 6.08. The molecule has 14 heavy (non-hydrogen) atoms. The van der Waals surface area contributed by atoms with Crippen LogP contribution >= 0.6 is 32.3 Å². The molecule has 0 atom stereocenters. The van der Waals surface area contributed by atoms with E-state index in [1.165, 1.54) is 11.4 Å². The molecule has 0 unspecified atom stereocenters. The highest BCUT2D eigenvalue weighted by Gasteiger charge is 2.09. The van der Waals surface area contributed by atoms with Crippen LogP contribution in [0.5, 0.6) is 0 Å². The zero-order chi connectivity index (χ0) is 10.6. The fraction of sp³-hybridized carbons (Fsp3) is 0.400. The zero-order valence-electron chi connectivity index (χ0n) is 8.37. The molecule has 2 nitrogen and oxygen atoms in total. The molecule has 0 aliphatic heterocycles. The van der Waals surface area contributed by atoms with Gasteiger partial charge in [0.15, 0.2) is 0 Å². The van der Waals surface area contributed by atoms with E-state index in [1.54, 1.807) is 0 Å². The van der Waals surface area contributed by atoms with Gasteiger partial charge in [0, 0.05) is 45.4 Å². The number of hydrogen-bond donors (Lipinski definition) is 0. The van der Waals surface area contributed by atoms with E-state index in [-0.39, 0.29) is 0 Å². The van der Waals surface area contributed by atoms with E-state index in [9.17, 15) is 0 Å². The molecule has 1 aromatic carbocycles. The Kier molecular flexibility index (Phi) is 4.75. The van der Waals surface area contributed by atoms with Crippen molar-refractivity contribution >= 4 is 43.7 Å². The first-order chi connectivity index (χ1) is 6.70. The lowest BCUT2D eigenvalue weighted by Crippen LogP contribution is -2.14. The van der Waals surface area contributed by atoms with Crippen LogP contribution in [0.4, 0.5) is 11.4 Å². The molecule has 0 radical (unpaired) electrons. The van der Waals surface area contributed by atoms with Crippen LogP contribution in [0.1, 0.15) is 13.8 Å². The van der Waals surface area contributed by atoms with Crippen molar-refractivity contribution in [3.63, 3.8) is 0 Å². The van der Waals surface area contributed by atoms with Crippen molar-refractivity contribution in [3.05, 3.63) is 24.3 Å². The monoisotopic (exact) mass is 320 g/mol. The van der Waals surface area contributed by atoms with Crippen LogP contribution in [0.25, 0.3) is 0 Å². The Morgan fingerprint density at radius 3 is 1.57 bits per heavy atom. The predicted molar refractivity (Wildman–Crippen MR) is 70.3 cm³/mol. The van der Waals surface area contributed by atoms with Crippen molar-refractivity contribution in [1.82, 2.24) is 0 Å². The molecule has 4 heteroatoms. The van der Waals surface area contributed by atoms with Crippen molar-refractivity contribution in [3.8, 4) is 0 Å². The first-order valence-electron chi connectivity index (χ1n) is 4.66. The first-order valence-corrected chi connectivity index (χ1v) is 6.08. The van der Waals surface area contributed by atoms with Gasteiger partial charge in [-0.15, -0.1) is 0 Å². The Bertz CT molecular complexity index is 262. The van der Waals surface area contributed by atoms with Gasteiger partial charge in [-0.3, -0.25) is 0 Å². The van der Waals surface area contributed by atoms with Gasteiger partial charge in [-0.2, -0.15) is 0 Å². The van der Waals surface area contributed by atoms with Crippen LogP contribution in [-0.4, -0.2) is 13.1 Å². The highest BCUT2D eigenvalue weighted by molar-refractivity contribution is 9.10. The van der Waals surface area contributed by atoms with Crippen molar-refractivity contribution in [2.24, 2.45) is 0 Å². The third-order valence-electron chi connectivity index (χ3n) is 1.96. The van der Waals surface area contributed by atoms with Crippen LogP contribution in [-0.2, 0) is 0 Å². The molecule has 0 spiro atoms. The number of nitrogens with zero attached hydrogens (tertiary/aromatic N) is 2. The summed E-state index contributed by atoms with van der Waals surface area (Å²) in [5.41, 5.74) is 2.35. The lowest BCUT2D eigenvalue weighted by atomic mass is 10.2. The molecule has 1 aromatic rings. The highest BCUT2D eigenvalue weighted by Crippen LogP contribution is 2.32. The second-order valence-electron chi connectivity index (χ2n) is 2.85. The number of rotatable bonds is 4. The normalized spacial score (nSPS) is 10.0. The van der Waals surface area contributed by atoms with Crippen molar-refractivity contribution in [2.75, 3.05) is 20.9 Å². The lowest BCUT2D eigenvalue weighted by molar-refractivity contribution is 1.09. The Balaban J connectivity index is 3.02. The van der Waals surface area contributed by atoms with Gasteiger partial charge in [-0.05, 0) is 26.0 Å². The Labute approximate surface area is 103 Å². The maximum atomic E-state index is 3.52. The van der Waals surface area contributed by atoms with Gasteiger partial charge in [-0.25, -0.2) is 0 Å². The summed E-state index contributed by atoms with van der Waals surface area (Å²) in [6, 6.07) is 8.27. The standard InChI is InChI=1S/C10H14Br2N2/c1-3-13(11)9-7-5-6-8-10(9)14(12)4-2/h5-8H,3-4H2,1-2H3. The molecule has 1 rings (SSSR count). The van der Waals surface area contributed by atoms with Crippen LogP contribution in [0, 0.1) is 0 Å². The maximum absolute atomic E-state index is 3.52. The van der Waals surface area contributed by atoms with E-state index < -0.39 is 0 Å². The summed E-state index contributed by atoms with van der Waals surface area (Å²) in [5, 5.41) is 0. The van der Waals surface area contributed by atoms with Gasteiger partial charge in [0.25, 0.3) is 0 Å². The minimum absolute atomic E-state index is 0.932. The smallest absolute Gasteiger partial charge is 0.0712 e. The minimum Gasteiger partial charge on any atom is -0.307 e. The van der Waals surface area contributed by atoms with E-state index in [1.807, 2.05) is 20.0 Å². The minimum atomic E-state index is 0.932. The van der Waals surface area contributed by atoms with Gasteiger partial charge in [0.1, 0.15) is 0 Å². The molecule has 0 bridgehead atoms. The third-order valence-corrected chi connectivity index (χ3v) is 3.73. The summed E-state index contributed by atoms with van der Waals surface area (Å²) < 4.78 is 4.10. The zero-order valence-corrected chi connectivity index (χ0v) is 11.5. The quantitative estimate of drug-likeness (QED) is 0.774. The average molecular weight is 322 g/mol. The van der Waals surface area contributed by atoms with Gasteiger partial charge >= 0.3 is 0 Å². The fourth-order valence-corrected chi connectivity index (χ4v) is 1.81. The van der Waals surface area contributed by atoms with Gasteiger partial charge in [0.2, 0.25) is 0 Å².